The van der Waals surface area contributed by atoms with Crippen LogP contribution in [0.2, 0.25) is 5.02 Å². The van der Waals surface area contributed by atoms with Gasteiger partial charge in [0.25, 0.3) is 0 Å². The third-order valence-electron chi connectivity index (χ3n) is 3.35. The van der Waals surface area contributed by atoms with E-state index >= 15 is 0 Å². The monoisotopic (exact) mass is 304 g/mol. The first kappa shape index (κ1) is 13.5. The summed E-state index contributed by atoms with van der Waals surface area (Å²) >= 11 is 7.95. The van der Waals surface area contributed by atoms with E-state index in [2.05, 4.69) is 12.1 Å². The van der Waals surface area contributed by atoms with E-state index in [0.717, 1.165) is 12.0 Å². The van der Waals surface area contributed by atoms with Crippen LogP contribution in [-0.4, -0.2) is 18.6 Å². The Bertz CT molecular complexity index is 642. The Morgan fingerprint density at radius 1 is 1.25 bits per heavy atom. The third kappa shape index (κ3) is 2.56. The van der Waals surface area contributed by atoms with Crippen molar-refractivity contribution in [2.75, 3.05) is 12.4 Å². The molecule has 2 nitrogen and oxygen atoms in total. The maximum absolute atomic E-state index is 11.0. The fraction of sp³-hybridized carbons (Fsp3) is 0.188. The molecule has 0 amide bonds. The molecule has 0 radical (unpaired) electrons. The zero-order valence-corrected chi connectivity index (χ0v) is 12.3. The number of hydrogen-bond donors (Lipinski definition) is 0. The molecule has 0 saturated carbocycles. The number of benzene rings is 2. The van der Waals surface area contributed by atoms with Crippen LogP contribution in [-0.2, 0) is 0 Å². The highest BCUT2D eigenvalue weighted by atomic mass is 35.5. The molecule has 0 aromatic heterocycles. The molecule has 0 fully saturated rings. The number of halogens is 1. The Balaban J connectivity index is 1.77. The average Bonchev–Trinajstić information content (AvgIpc) is 2.89. The van der Waals surface area contributed by atoms with E-state index in [0.29, 0.717) is 28.9 Å². The quantitative estimate of drug-likeness (QED) is 0.782. The third-order valence-corrected chi connectivity index (χ3v) is 4.90. The van der Waals surface area contributed by atoms with E-state index in [1.54, 1.807) is 18.2 Å². The second kappa shape index (κ2) is 5.90. The van der Waals surface area contributed by atoms with E-state index in [1.165, 1.54) is 10.5 Å². The molecular formula is C16H13ClO2S. The summed E-state index contributed by atoms with van der Waals surface area (Å²) in [5.74, 6) is 1.82. The van der Waals surface area contributed by atoms with E-state index in [-0.39, 0.29) is 0 Å². The highest BCUT2D eigenvalue weighted by Gasteiger charge is 2.23. The minimum atomic E-state index is 0.340. The van der Waals surface area contributed by atoms with Crippen LogP contribution in [0.15, 0.2) is 47.4 Å². The van der Waals surface area contributed by atoms with Gasteiger partial charge in [-0.3, -0.25) is 4.79 Å². The molecule has 0 bridgehead atoms. The fourth-order valence-corrected chi connectivity index (χ4v) is 3.79. The number of carbonyl (C=O) groups excluding carboxylic acids is 1. The predicted octanol–water partition coefficient (Wildman–Crippen LogP) is 4.42. The number of fused-ring (bicyclic) bond motifs is 1. The van der Waals surface area contributed by atoms with Crippen molar-refractivity contribution in [2.24, 2.45) is 0 Å². The highest BCUT2D eigenvalue weighted by Crippen LogP contribution is 2.40. The molecule has 1 atom stereocenters. The Morgan fingerprint density at radius 3 is 2.95 bits per heavy atom. The number of carbonyl (C=O) groups is 1. The van der Waals surface area contributed by atoms with Crippen molar-refractivity contribution in [3.05, 3.63) is 58.6 Å². The number of ether oxygens (including phenoxy) is 1. The van der Waals surface area contributed by atoms with Crippen molar-refractivity contribution in [1.82, 2.24) is 0 Å². The summed E-state index contributed by atoms with van der Waals surface area (Å²) in [7, 11) is 0. The number of aldehydes is 1. The maximum Gasteiger partial charge on any atom is 0.153 e. The molecule has 1 unspecified atom stereocenters. The first-order valence-electron chi connectivity index (χ1n) is 6.38. The number of para-hydroxylation sites is 1. The lowest BCUT2D eigenvalue weighted by molar-refractivity contribution is 0.111. The molecule has 0 aliphatic carbocycles. The van der Waals surface area contributed by atoms with Gasteiger partial charge in [0, 0.05) is 16.6 Å². The van der Waals surface area contributed by atoms with Crippen LogP contribution in [0.4, 0.5) is 0 Å². The van der Waals surface area contributed by atoms with E-state index in [1.807, 2.05) is 23.9 Å². The summed E-state index contributed by atoms with van der Waals surface area (Å²) in [6.07, 6.45) is 0.776. The molecule has 1 aliphatic heterocycles. The molecule has 102 valence electrons. The SMILES string of the molecule is O=Cc1cccc(Cl)c1OCC1CSc2ccccc21. The summed E-state index contributed by atoms with van der Waals surface area (Å²) in [5, 5.41) is 0.480. The number of rotatable bonds is 4. The minimum Gasteiger partial charge on any atom is -0.491 e. The number of hydrogen-bond acceptors (Lipinski definition) is 3. The summed E-state index contributed by atoms with van der Waals surface area (Å²) < 4.78 is 5.82. The first-order chi connectivity index (χ1) is 9.79. The molecular weight excluding hydrogens is 292 g/mol. The van der Waals surface area contributed by atoms with Gasteiger partial charge in [0.15, 0.2) is 6.29 Å². The van der Waals surface area contributed by atoms with Crippen LogP contribution in [0.25, 0.3) is 0 Å². The molecule has 1 aliphatic rings. The van der Waals surface area contributed by atoms with Gasteiger partial charge >= 0.3 is 0 Å². The summed E-state index contributed by atoms with van der Waals surface area (Å²) in [6.45, 7) is 0.536. The summed E-state index contributed by atoms with van der Waals surface area (Å²) in [6, 6.07) is 13.6. The predicted molar refractivity (Wildman–Crippen MR) is 82.2 cm³/mol. The first-order valence-corrected chi connectivity index (χ1v) is 7.74. The molecule has 4 heteroatoms. The van der Waals surface area contributed by atoms with Crippen LogP contribution >= 0.6 is 23.4 Å². The smallest absolute Gasteiger partial charge is 0.153 e. The van der Waals surface area contributed by atoms with Crippen LogP contribution in [0.3, 0.4) is 0 Å². The van der Waals surface area contributed by atoms with E-state index < -0.39 is 0 Å². The molecule has 0 saturated heterocycles. The lowest BCUT2D eigenvalue weighted by Gasteiger charge is -2.14. The van der Waals surface area contributed by atoms with E-state index in [9.17, 15) is 4.79 Å². The van der Waals surface area contributed by atoms with Crippen molar-refractivity contribution in [2.45, 2.75) is 10.8 Å². The van der Waals surface area contributed by atoms with Crippen molar-refractivity contribution < 1.29 is 9.53 Å². The minimum absolute atomic E-state index is 0.340. The molecule has 3 rings (SSSR count). The fourth-order valence-electron chi connectivity index (χ4n) is 2.32. The largest absolute Gasteiger partial charge is 0.491 e. The second-order valence-electron chi connectivity index (χ2n) is 4.63. The van der Waals surface area contributed by atoms with Gasteiger partial charge in [-0.2, -0.15) is 0 Å². The average molecular weight is 305 g/mol. The van der Waals surface area contributed by atoms with Gasteiger partial charge in [0.2, 0.25) is 0 Å². The van der Waals surface area contributed by atoms with Crippen molar-refractivity contribution >= 4 is 29.6 Å². The highest BCUT2D eigenvalue weighted by molar-refractivity contribution is 7.99. The van der Waals surface area contributed by atoms with Crippen molar-refractivity contribution in [3.8, 4) is 5.75 Å². The Labute approximate surface area is 127 Å². The molecule has 20 heavy (non-hydrogen) atoms. The normalized spacial score (nSPS) is 16.8. The van der Waals surface area contributed by atoms with E-state index in [4.69, 9.17) is 16.3 Å². The van der Waals surface area contributed by atoms with Gasteiger partial charge in [-0.25, -0.2) is 0 Å². The van der Waals surface area contributed by atoms with Crippen molar-refractivity contribution in [3.63, 3.8) is 0 Å². The Hall–Kier alpha value is -1.45. The topological polar surface area (TPSA) is 26.3 Å². The molecule has 0 N–H and O–H groups in total. The molecule has 0 spiro atoms. The van der Waals surface area contributed by atoms with Crippen LogP contribution in [0.5, 0.6) is 5.75 Å². The lowest BCUT2D eigenvalue weighted by Crippen LogP contribution is -2.11. The van der Waals surface area contributed by atoms with Crippen LogP contribution in [0, 0.1) is 0 Å². The van der Waals surface area contributed by atoms with Crippen molar-refractivity contribution in [1.29, 1.82) is 0 Å². The van der Waals surface area contributed by atoms with Gasteiger partial charge in [-0.15, -0.1) is 11.8 Å². The van der Waals surface area contributed by atoms with Gasteiger partial charge in [0.1, 0.15) is 5.75 Å². The van der Waals surface area contributed by atoms with Gasteiger partial charge < -0.3 is 4.74 Å². The Kier molecular flexibility index (Phi) is 3.99. The standard InChI is InChI=1S/C16H13ClO2S/c17-14-6-3-4-11(8-18)16(14)19-9-12-10-20-15-7-2-1-5-13(12)15/h1-8,12H,9-10H2. The summed E-state index contributed by atoms with van der Waals surface area (Å²) in [5.41, 5.74) is 1.81. The molecule has 2 aromatic carbocycles. The van der Waals surface area contributed by atoms with Gasteiger partial charge in [-0.05, 0) is 23.8 Å². The van der Waals surface area contributed by atoms with Gasteiger partial charge in [-0.1, -0.05) is 35.9 Å². The zero-order chi connectivity index (χ0) is 13.9. The Morgan fingerprint density at radius 2 is 2.10 bits per heavy atom. The number of thioether (sulfide) groups is 1. The lowest BCUT2D eigenvalue weighted by atomic mass is 10.0. The van der Waals surface area contributed by atoms with Crippen LogP contribution < -0.4 is 4.74 Å². The molecule has 1 heterocycles. The molecule has 2 aromatic rings. The maximum atomic E-state index is 11.0. The zero-order valence-electron chi connectivity index (χ0n) is 10.7. The summed E-state index contributed by atoms with van der Waals surface area (Å²) in [4.78, 5) is 12.3. The second-order valence-corrected chi connectivity index (χ2v) is 6.10. The van der Waals surface area contributed by atoms with Crippen LogP contribution in [0.1, 0.15) is 21.8 Å². The van der Waals surface area contributed by atoms with Gasteiger partial charge in [0.05, 0.1) is 17.2 Å².